The predicted molar refractivity (Wildman–Crippen MR) is 78.7 cm³/mol. The highest BCUT2D eigenvalue weighted by Crippen LogP contribution is 2.44. The van der Waals surface area contributed by atoms with E-state index in [2.05, 4.69) is 19.2 Å². The summed E-state index contributed by atoms with van der Waals surface area (Å²) < 4.78 is 28.2. The minimum absolute atomic E-state index is 0.00944. The lowest BCUT2D eigenvalue weighted by atomic mass is 9.68. The van der Waals surface area contributed by atoms with E-state index in [1.165, 1.54) is 18.2 Å². The second-order valence-corrected chi connectivity index (χ2v) is 6.38. The van der Waals surface area contributed by atoms with E-state index in [0.717, 1.165) is 25.8 Å². The molecule has 0 radical (unpaired) electrons. The Bertz CT molecular complexity index is 424. The number of benzene rings is 1. The molecule has 1 aromatic carbocycles. The van der Waals surface area contributed by atoms with Gasteiger partial charge in [0.2, 0.25) is 0 Å². The number of hydrogen-bond acceptors (Lipinski definition) is 1. The molecule has 1 aliphatic rings. The molecule has 3 unspecified atom stereocenters. The molecule has 0 aliphatic heterocycles. The Kier molecular flexibility index (Phi) is 5.14. The van der Waals surface area contributed by atoms with Gasteiger partial charge in [-0.3, -0.25) is 0 Å². The molecule has 1 nitrogen and oxygen atoms in total. The van der Waals surface area contributed by atoms with Crippen molar-refractivity contribution in [3.05, 3.63) is 35.4 Å². The van der Waals surface area contributed by atoms with Gasteiger partial charge in [0.1, 0.15) is 11.6 Å². The van der Waals surface area contributed by atoms with Crippen LogP contribution in [-0.2, 0) is 0 Å². The molecule has 1 saturated carbocycles. The molecule has 1 aliphatic carbocycles. The van der Waals surface area contributed by atoms with Crippen LogP contribution in [0.3, 0.4) is 0 Å². The maximum atomic E-state index is 14.1. The third-order valence-electron chi connectivity index (χ3n) is 4.81. The van der Waals surface area contributed by atoms with Crippen LogP contribution in [0.5, 0.6) is 0 Å². The number of nitrogens with one attached hydrogen (secondary N) is 1. The van der Waals surface area contributed by atoms with Crippen molar-refractivity contribution < 1.29 is 8.78 Å². The van der Waals surface area contributed by atoms with E-state index in [0.29, 0.717) is 23.3 Å². The zero-order valence-corrected chi connectivity index (χ0v) is 12.6. The molecule has 0 bridgehead atoms. The molecule has 3 heteroatoms. The topological polar surface area (TPSA) is 12.0 Å². The van der Waals surface area contributed by atoms with Gasteiger partial charge in [-0.05, 0) is 68.7 Å². The van der Waals surface area contributed by atoms with Crippen molar-refractivity contribution in [2.45, 2.75) is 39.0 Å². The SMILES string of the molecule is CNCC1CCC(C(C)C)CC1c1c(F)cccc1F. The summed E-state index contributed by atoms with van der Waals surface area (Å²) in [5.74, 6) is 0.669. The van der Waals surface area contributed by atoms with Gasteiger partial charge in [0.25, 0.3) is 0 Å². The molecule has 1 aromatic rings. The zero-order chi connectivity index (χ0) is 14.7. The van der Waals surface area contributed by atoms with Gasteiger partial charge in [-0.1, -0.05) is 19.9 Å². The predicted octanol–water partition coefficient (Wildman–Crippen LogP) is 4.34. The number of rotatable bonds is 4. The summed E-state index contributed by atoms with van der Waals surface area (Å²) in [6.45, 7) is 5.24. The maximum Gasteiger partial charge on any atom is 0.129 e. The van der Waals surface area contributed by atoms with E-state index in [1.54, 1.807) is 0 Å². The van der Waals surface area contributed by atoms with Gasteiger partial charge in [0.05, 0.1) is 0 Å². The molecular weight excluding hydrogens is 256 g/mol. The Hall–Kier alpha value is -0.960. The zero-order valence-electron chi connectivity index (χ0n) is 12.6. The van der Waals surface area contributed by atoms with Crippen molar-refractivity contribution in [3.63, 3.8) is 0 Å². The van der Waals surface area contributed by atoms with Crippen LogP contribution in [0.4, 0.5) is 8.78 Å². The quantitative estimate of drug-likeness (QED) is 0.865. The van der Waals surface area contributed by atoms with E-state index in [9.17, 15) is 8.78 Å². The minimum Gasteiger partial charge on any atom is -0.319 e. The van der Waals surface area contributed by atoms with Crippen molar-refractivity contribution in [2.24, 2.45) is 17.8 Å². The normalized spacial score (nSPS) is 27.0. The summed E-state index contributed by atoms with van der Waals surface area (Å²) in [5.41, 5.74) is 0.304. The first-order valence-electron chi connectivity index (χ1n) is 7.63. The second-order valence-electron chi connectivity index (χ2n) is 6.38. The van der Waals surface area contributed by atoms with Gasteiger partial charge in [-0.25, -0.2) is 8.78 Å². The van der Waals surface area contributed by atoms with Crippen LogP contribution >= 0.6 is 0 Å². The Labute approximate surface area is 120 Å². The van der Waals surface area contributed by atoms with Gasteiger partial charge in [-0.15, -0.1) is 0 Å². The Balaban J connectivity index is 2.31. The van der Waals surface area contributed by atoms with E-state index in [-0.39, 0.29) is 17.6 Å². The fourth-order valence-corrected chi connectivity index (χ4v) is 3.60. The van der Waals surface area contributed by atoms with Crippen molar-refractivity contribution in [3.8, 4) is 0 Å². The molecule has 0 aromatic heterocycles. The van der Waals surface area contributed by atoms with Crippen LogP contribution in [-0.4, -0.2) is 13.6 Å². The average Bonchev–Trinajstić information content (AvgIpc) is 2.40. The van der Waals surface area contributed by atoms with Crippen LogP contribution in [0.2, 0.25) is 0 Å². The Morgan fingerprint density at radius 3 is 2.40 bits per heavy atom. The fourth-order valence-electron chi connectivity index (χ4n) is 3.60. The van der Waals surface area contributed by atoms with Crippen molar-refractivity contribution >= 4 is 0 Å². The lowest BCUT2D eigenvalue weighted by Gasteiger charge is -2.38. The molecule has 112 valence electrons. The lowest BCUT2D eigenvalue weighted by Crippen LogP contribution is -2.33. The minimum atomic E-state index is -0.388. The van der Waals surface area contributed by atoms with Crippen LogP contribution < -0.4 is 5.32 Å². The molecule has 1 N–H and O–H groups in total. The summed E-state index contributed by atoms with van der Waals surface area (Å²) in [4.78, 5) is 0. The molecular formula is C17H25F2N. The highest BCUT2D eigenvalue weighted by atomic mass is 19.1. The molecule has 20 heavy (non-hydrogen) atoms. The average molecular weight is 281 g/mol. The van der Waals surface area contributed by atoms with Crippen LogP contribution in [0.1, 0.15) is 44.6 Å². The summed E-state index contributed by atoms with van der Waals surface area (Å²) in [5, 5.41) is 3.18. The van der Waals surface area contributed by atoms with Crippen molar-refractivity contribution in [2.75, 3.05) is 13.6 Å². The first-order valence-corrected chi connectivity index (χ1v) is 7.63. The molecule has 0 heterocycles. The fraction of sp³-hybridized carbons (Fsp3) is 0.647. The van der Waals surface area contributed by atoms with E-state index in [1.807, 2.05) is 7.05 Å². The van der Waals surface area contributed by atoms with Gasteiger partial charge < -0.3 is 5.32 Å². The number of hydrogen-bond donors (Lipinski definition) is 1. The third-order valence-corrected chi connectivity index (χ3v) is 4.81. The summed E-state index contributed by atoms with van der Waals surface area (Å²) >= 11 is 0. The van der Waals surface area contributed by atoms with Gasteiger partial charge >= 0.3 is 0 Å². The molecule has 0 saturated heterocycles. The monoisotopic (exact) mass is 281 g/mol. The van der Waals surface area contributed by atoms with Crippen molar-refractivity contribution in [1.82, 2.24) is 5.32 Å². The number of halogens is 2. The van der Waals surface area contributed by atoms with Crippen LogP contribution in [0.15, 0.2) is 18.2 Å². The smallest absolute Gasteiger partial charge is 0.129 e. The third kappa shape index (κ3) is 3.20. The van der Waals surface area contributed by atoms with Crippen molar-refractivity contribution in [1.29, 1.82) is 0 Å². The molecule has 0 amide bonds. The Morgan fingerprint density at radius 1 is 1.20 bits per heavy atom. The van der Waals surface area contributed by atoms with Gasteiger partial charge in [0, 0.05) is 5.56 Å². The van der Waals surface area contributed by atoms with Gasteiger partial charge in [0.15, 0.2) is 0 Å². The van der Waals surface area contributed by atoms with E-state index in [4.69, 9.17) is 0 Å². The van der Waals surface area contributed by atoms with E-state index < -0.39 is 0 Å². The van der Waals surface area contributed by atoms with Crippen LogP contribution in [0.25, 0.3) is 0 Å². The molecule has 0 spiro atoms. The Morgan fingerprint density at radius 2 is 1.85 bits per heavy atom. The highest BCUT2D eigenvalue weighted by Gasteiger charge is 2.35. The lowest BCUT2D eigenvalue weighted by molar-refractivity contribution is 0.187. The van der Waals surface area contributed by atoms with Crippen LogP contribution in [0, 0.1) is 29.4 Å². The summed E-state index contributed by atoms with van der Waals surface area (Å²) in [6, 6.07) is 4.21. The first kappa shape index (κ1) is 15.4. The molecule has 1 fully saturated rings. The first-order chi connectivity index (χ1) is 9.54. The van der Waals surface area contributed by atoms with E-state index >= 15 is 0 Å². The van der Waals surface area contributed by atoms with Gasteiger partial charge in [-0.2, -0.15) is 0 Å². The largest absolute Gasteiger partial charge is 0.319 e. The molecule has 3 atom stereocenters. The summed E-state index contributed by atoms with van der Waals surface area (Å²) in [6.07, 6.45) is 3.10. The molecule has 2 rings (SSSR count). The summed E-state index contributed by atoms with van der Waals surface area (Å²) in [7, 11) is 1.91. The standard InChI is InChI=1S/C17H25F2N/c1-11(2)12-7-8-13(10-20-3)14(9-12)17-15(18)5-4-6-16(17)19/h4-6,11-14,20H,7-10H2,1-3H3. The second kappa shape index (κ2) is 6.66. The highest BCUT2D eigenvalue weighted by molar-refractivity contribution is 5.25. The maximum absolute atomic E-state index is 14.1.